The molecule has 1 heterocycles. The van der Waals surface area contributed by atoms with Crippen molar-refractivity contribution in [1.29, 1.82) is 0 Å². The van der Waals surface area contributed by atoms with Gasteiger partial charge in [0.05, 0.1) is 16.3 Å². The normalized spacial score (nSPS) is 19.4. The molecule has 0 saturated heterocycles. The molecule has 2 atom stereocenters. The van der Waals surface area contributed by atoms with Crippen LogP contribution in [-0.4, -0.2) is 18.7 Å². The van der Waals surface area contributed by atoms with Gasteiger partial charge in [0.2, 0.25) is 5.69 Å². The number of aromatic nitrogens is 1. The number of hydrogen-bond acceptors (Lipinski definition) is 6. The molecule has 0 spiro atoms. The molecule has 140 valence electrons. The fourth-order valence-corrected chi connectivity index (χ4v) is 3.01. The molecule has 0 aromatic carbocycles. The molecule has 7 nitrogen and oxygen atoms in total. The maximum absolute atomic E-state index is 13.4. The first-order chi connectivity index (χ1) is 11.3. The zero-order valence-corrected chi connectivity index (χ0v) is 12.6. The Balaban J connectivity index is 2.91. The topological polar surface area (TPSA) is 105 Å². The standard InChI is InChI=1S/C11H8F6N2O5S/c12-10(13,14)7-6-4(2-1-3-5(6)24-25(22)23)18-9(11(15,16)17)8(7)19(20)21/h5H,1-3H2,(H,22,23)/p-1. The number of nitro groups is 1. The summed E-state index contributed by atoms with van der Waals surface area (Å²) in [5.41, 5.74) is -8.53. The van der Waals surface area contributed by atoms with Crippen molar-refractivity contribution >= 4 is 17.0 Å². The second-order valence-electron chi connectivity index (χ2n) is 4.98. The lowest BCUT2D eigenvalue weighted by Crippen LogP contribution is -2.26. The number of rotatable bonds is 3. The predicted octanol–water partition coefficient (Wildman–Crippen LogP) is 3.22. The van der Waals surface area contributed by atoms with Gasteiger partial charge < -0.3 is 4.55 Å². The Morgan fingerprint density at radius 1 is 1.20 bits per heavy atom. The zero-order chi connectivity index (χ0) is 19.2. The lowest BCUT2D eigenvalue weighted by Gasteiger charge is -2.28. The van der Waals surface area contributed by atoms with E-state index in [1.54, 1.807) is 0 Å². The summed E-state index contributed by atoms with van der Waals surface area (Å²) in [5, 5.41) is 11.0. The molecule has 2 unspecified atom stereocenters. The molecule has 0 N–H and O–H groups in total. The highest BCUT2D eigenvalue weighted by Crippen LogP contribution is 2.49. The predicted molar refractivity (Wildman–Crippen MR) is 66.6 cm³/mol. The average molecular weight is 393 g/mol. The zero-order valence-electron chi connectivity index (χ0n) is 11.8. The van der Waals surface area contributed by atoms with Crippen molar-refractivity contribution in [2.24, 2.45) is 0 Å². The van der Waals surface area contributed by atoms with Crippen LogP contribution in [0.3, 0.4) is 0 Å². The Kier molecular flexibility index (Phi) is 5.07. The first-order valence-electron chi connectivity index (χ1n) is 6.46. The highest BCUT2D eigenvalue weighted by molar-refractivity contribution is 7.74. The molecule has 2 rings (SSSR count). The van der Waals surface area contributed by atoms with E-state index < -0.39 is 62.9 Å². The van der Waals surface area contributed by atoms with Crippen LogP contribution in [0, 0.1) is 10.1 Å². The van der Waals surface area contributed by atoms with Gasteiger partial charge in [-0.25, -0.2) is 9.19 Å². The van der Waals surface area contributed by atoms with Gasteiger partial charge in [0.25, 0.3) is 0 Å². The highest BCUT2D eigenvalue weighted by atomic mass is 32.2. The number of aryl methyl sites for hydroxylation is 1. The minimum atomic E-state index is -5.56. The molecule has 0 aliphatic heterocycles. The number of fused-ring (bicyclic) bond motifs is 1. The molecule has 0 fully saturated rings. The second-order valence-corrected chi connectivity index (χ2v) is 5.58. The van der Waals surface area contributed by atoms with Crippen LogP contribution in [0.2, 0.25) is 0 Å². The molecule has 14 heteroatoms. The van der Waals surface area contributed by atoms with E-state index in [1.165, 1.54) is 0 Å². The first-order valence-corrected chi connectivity index (χ1v) is 7.46. The molecule has 0 radical (unpaired) electrons. The lowest BCUT2D eigenvalue weighted by atomic mass is 9.88. The molecule has 0 saturated carbocycles. The summed E-state index contributed by atoms with van der Waals surface area (Å²) in [5.74, 6) is 0. The van der Waals surface area contributed by atoms with E-state index in [0.29, 0.717) is 0 Å². The SMILES string of the molecule is O=[N+]([O-])c1c(C(F)(F)F)nc2c(c1C(F)(F)F)C(OS(=O)[O-])CCC2. The number of hydrogen-bond donors (Lipinski definition) is 0. The summed E-state index contributed by atoms with van der Waals surface area (Å²) in [6.07, 6.45) is -13.5. The van der Waals surface area contributed by atoms with Gasteiger partial charge in [-0.05, 0) is 19.3 Å². The van der Waals surface area contributed by atoms with Crippen LogP contribution in [0.5, 0.6) is 0 Å². The van der Waals surface area contributed by atoms with Crippen molar-refractivity contribution in [2.45, 2.75) is 37.7 Å². The summed E-state index contributed by atoms with van der Waals surface area (Å²) in [6.45, 7) is 0. The van der Waals surface area contributed by atoms with Gasteiger partial charge in [-0.3, -0.25) is 14.3 Å². The van der Waals surface area contributed by atoms with Gasteiger partial charge in [0, 0.05) is 11.3 Å². The molecule has 1 aliphatic rings. The first kappa shape index (κ1) is 19.5. The molecule has 1 aromatic heterocycles. The van der Waals surface area contributed by atoms with Gasteiger partial charge in [-0.15, -0.1) is 0 Å². The van der Waals surface area contributed by atoms with Crippen LogP contribution in [0.15, 0.2) is 0 Å². The van der Waals surface area contributed by atoms with Crippen molar-refractivity contribution in [1.82, 2.24) is 4.98 Å². The summed E-state index contributed by atoms with van der Waals surface area (Å²) in [4.78, 5) is 12.1. The second kappa shape index (κ2) is 6.49. The van der Waals surface area contributed by atoms with Crippen LogP contribution in [0.25, 0.3) is 0 Å². The van der Waals surface area contributed by atoms with Gasteiger partial charge in [-0.2, -0.15) is 26.3 Å². The van der Waals surface area contributed by atoms with E-state index in [1.807, 2.05) is 0 Å². The number of halogens is 6. The maximum atomic E-state index is 13.4. The smallest absolute Gasteiger partial charge is 0.440 e. The Hall–Kier alpha value is -1.80. The Labute approximate surface area is 137 Å². The Bertz CT molecular complexity index is 735. The number of nitrogens with zero attached hydrogens (tertiary/aromatic N) is 2. The van der Waals surface area contributed by atoms with Crippen molar-refractivity contribution in [2.75, 3.05) is 0 Å². The van der Waals surface area contributed by atoms with Crippen LogP contribution in [-0.2, 0) is 34.3 Å². The minimum Gasteiger partial charge on any atom is -0.750 e. The average Bonchev–Trinajstić information content (AvgIpc) is 2.42. The summed E-state index contributed by atoms with van der Waals surface area (Å²) in [6, 6.07) is 0. The van der Waals surface area contributed by atoms with E-state index in [-0.39, 0.29) is 19.3 Å². The third-order valence-corrected chi connectivity index (χ3v) is 3.81. The lowest BCUT2D eigenvalue weighted by molar-refractivity contribution is -0.391. The highest BCUT2D eigenvalue weighted by Gasteiger charge is 2.52. The van der Waals surface area contributed by atoms with E-state index in [9.17, 15) is 45.2 Å². The third kappa shape index (κ3) is 3.90. The quantitative estimate of drug-likeness (QED) is 0.338. The summed E-state index contributed by atoms with van der Waals surface area (Å²) < 4.78 is 105. The van der Waals surface area contributed by atoms with Crippen molar-refractivity contribution < 1.29 is 44.2 Å². The van der Waals surface area contributed by atoms with Gasteiger partial charge in [0.1, 0.15) is 11.7 Å². The fourth-order valence-electron chi connectivity index (χ4n) is 2.63. The largest absolute Gasteiger partial charge is 0.750 e. The fraction of sp³-hybridized carbons (Fsp3) is 0.545. The molecule has 0 amide bonds. The molecule has 0 bridgehead atoms. The number of pyridine rings is 1. The van der Waals surface area contributed by atoms with E-state index in [4.69, 9.17) is 0 Å². The minimum absolute atomic E-state index is 0.00568. The molecular formula is C11H7F6N2O5S-. The maximum Gasteiger partial charge on any atom is 0.440 e. The van der Waals surface area contributed by atoms with Crippen LogP contribution in [0.1, 0.15) is 41.5 Å². The molecule has 1 aromatic rings. The monoisotopic (exact) mass is 393 g/mol. The van der Waals surface area contributed by atoms with Gasteiger partial charge in [0.15, 0.2) is 0 Å². The van der Waals surface area contributed by atoms with Crippen LogP contribution >= 0.6 is 0 Å². The summed E-state index contributed by atoms with van der Waals surface area (Å²) in [7, 11) is 0. The third-order valence-electron chi connectivity index (χ3n) is 3.42. The van der Waals surface area contributed by atoms with Crippen LogP contribution < -0.4 is 0 Å². The molecular weight excluding hydrogens is 386 g/mol. The van der Waals surface area contributed by atoms with Gasteiger partial charge >= 0.3 is 18.0 Å². The van der Waals surface area contributed by atoms with Gasteiger partial charge in [-0.1, -0.05) is 0 Å². The van der Waals surface area contributed by atoms with E-state index in [2.05, 4.69) is 9.17 Å². The van der Waals surface area contributed by atoms with Crippen LogP contribution in [0.4, 0.5) is 32.0 Å². The van der Waals surface area contributed by atoms with Crippen molar-refractivity contribution in [3.8, 4) is 0 Å². The van der Waals surface area contributed by atoms with E-state index >= 15 is 0 Å². The van der Waals surface area contributed by atoms with Crippen molar-refractivity contribution in [3.05, 3.63) is 32.6 Å². The Morgan fingerprint density at radius 3 is 2.24 bits per heavy atom. The Morgan fingerprint density at radius 2 is 1.80 bits per heavy atom. The molecule has 25 heavy (non-hydrogen) atoms. The summed E-state index contributed by atoms with van der Waals surface area (Å²) >= 11 is -3.28. The number of alkyl halides is 6. The molecule has 1 aliphatic carbocycles. The van der Waals surface area contributed by atoms with E-state index in [0.717, 1.165) is 0 Å². The van der Waals surface area contributed by atoms with Crippen molar-refractivity contribution in [3.63, 3.8) is 0 Å².